The molecule has 2 heterocycles. The Kier molecular flexibility index (Phi) is 2.29. The molecule has 0 radical (unpaired) electrons. The Balaban J connectivity index is 1.73. The lowest BCUT2D eigenvalue weighted by Crippen LogP contribution is -2.12. The number of aromatic nitrogens is 2. The molecule has 1 aliphatic rings. The number of nitrogen functional groups attached to an aromatic ring is 1. The molecular formula is C14H12N4O2. The fourth-order valence-electron chi connectivity index (χ4n) is 2.47. The molecule has 4 rings (SSSR count). The van der Waals surface area contributed by atoms with Gasteiger partial charge < -0.3 is 15.8 Å². The number of hydrogen-bond acceptors (Lipinski definition) is 6. The number of fused-ring (bicyclic) bond motifs is 2. The number of nitrogens with one attached hydrogen (secondary N) is 1. The summed E-state index contributed by atoms with van der Waals surface area (Å²) < 4.78 is 10.4. The van der Waals surface area contributed by atoms with Gasteiger partial charge in [-0.15, -0.1) is 0 Å². The lowest BCUT2D eigenvalue weighted by molar-refractivity contribution is 0.315. The van der Waals surface area contributed by atoms with Crippen molar-refractivity contribution in [3.05, 3.63) is 42.0 Å². The predicted molar refractivity (Wildman–Crippen MR) is 74.5 cm³/mol. The zero-order valence-corrected chi connectivity index (χ0v) is 10.5. The topological polar surface area (TPSA) is 86.2 Å². The van der Waals surface area contributed by atoms with Crippen LogP contribution in [-0.2, 0) is 0 Å². The van der Waals surface area contributed by atoms with Crippen LogP contribution in [0.4, 0.5) is 11.4 Å². The SMILES string of the molecule is Nc1ccc(NC2COc3ccccc32)c2nonc12. The maximum Gasteiger partial charge on any atom is 0.160 e. The molecule has 3 N–H and O–H groups in total. The van der Waals surface area contributed by atoms with Gasteiger partial charge >= 0.3 is 0 Å². The lowest BCUT2D eigenvalue weighted by Gasteiger charge is -2.13. The summed E-state index contributed by atoms with van der Waals surface area (Å²) in [6.45, 7) is 0.580. The predicted octanol–water partition coefficient (Wildman–Crippen LogP) is 2.35. The van der Waals surface area contributed by atoms with Gasteiger partial charge in [0.15, 0.2) is 11.0 Å². The third kappa shape index (κ3) is 1.58. The van der Waals surface area contributed by atoms with Crippen molar-refractivity contribution in [2.45, 2.75) is 6.04 Å². The first-order chi connectivity index (χ1) is 9.83. The van der Waals surface area contributed by atoms with Crippen molar-refractivity contribution in [3.63, 3.8) is 0 Å². The largest absolute Gasteiger partial charge is 0.491 e. The Labute approximate surface area is 114 Å². The van der Waals surface area contributed by atoms with Gasteiger partial charge in [0.25, 0.3) is 0 Å². The fourth-order valence-corrected chi connectivity index (χ4v) is 2.47. The number of benzene rings is 2. The molecule has 0 bridgehead atoms. The Morgan fingerprint density at radius 1 is 1.10 bits per heavy atom. The van der Waals surface area contributed by atoms with Crippen molar-refractivity contribution in [3.8, 4) is 5.75 Å². The van der Waals surface area contributed by atoms with Gasteiger partial charge in [0.1, 0.15) is 12.4 Å². The molecule has 100 valence electrons. The highest BCUT2D eigenvalue weighted by molar-refractivity contribution is 5.95. The highest BCUT2D eigenvalue weighted by Gasteiger charge is 2.24. The summed E-state index contributed by atoms with van der Waals surface area (Å²) in [6.07, 6.45) is 0. The molecule has 3 aromatic rings. The van der Waals surface area contributed by atoms with E-state index < -0.39 is 0 Å². The average Bonchev–Trinajstić information content (AvgIpc) is 3.10. The normalized spacial score (nSPS) is 16.9. The molecule has 1 aromatic heterocycles. The standard InChI is InChI=1S/C14H12N4O2/c15-9-5-6-10(14-13(9)17-20-18-14)16-11-7-19-12-4-2-1-3-8(11)12/h1-6,11,16H,7,15H2. The van der Waals surface area contributed by atoms with Crippen LogP contribution >= 0.6 is 0 Å². The van der Waals surface area contributed by atoms with E-state index in [0.29, 0.717) is 23.3 Å². The summed E-state index contributed by atoms with van der Waals surface area (Å²) in [5, 5.41) is 11.1. The van der Waals surface area contributed by atoms with Gasteiger partial charge in [-0.25, -0.2) is 4.63 Å². The molecule has 0 spiro atoms. The van der Waals surface area contributed by atoms with E-state index in [1.807, 2.05) is 24.3 Å². The third-order valence-electron chi connectivity index (χ3n) is 3.48. The summed E-state index contributed by atoms with van der Waals surface area (Å²) in [4.78, 5) is 0. The average molecular weight is 268 g/mol. The first kappa shape index (κ1) is 11.1. The van der Waals surface area contributed by atoms with Crippen LogP contribution in [0.25, 0.3) is 11.0 Å². The summed E-state index contributed by atoms with van der Waals surface area (Å²) in [5.74, 6) is 0.912. The van der Waals surface area contributed by atoms with Crippen molar-refractivity contribution in [1.29, 1.82) is 0 Å². The Morgan fingerprint density at radius 2 is 1.95 bits per heavy atom. The lowest BCUT2D eigenvalue weighted by atomic mass is 10.1. The first-order valence-corrected chi connectivity index (χ1v) is 6.32. The van der Waals surface area contributed by atoms with Crippen molar-refractivity contribution >= 4 is 22.4 Å². The van der Waals surface area contributed by atoms with Crippen molar-refractivity contribution in [2.75, 3.05) is 17.7 Å². The van der Waals surface area contributed by atoms with Gasteiger partial charge in [0.2, 0.25) is 0 Å². The van der Waals surface area contributed by atoms with Crippen molar-refractivity contribution in [2.24, 2.45) is 0 Å². The highest BCUT2D eigenvalue weighted by Crippen LogP contribution is 2.35. The van der Waals surface area contributed by atoms with Crippen LogP contribution in [0.15, 0.2) is 41.0 Å². The number of para-hydroxylation sites is 1. The molecule has 1 unspecified atom stereocenters. The first-order valence-electron chi connectivity index (χ1n) is 6.32. The molecule has 0 saturated carbocycles. The minimum Gasteiger partial charge on any atom is -0.491 e. The number of anilines is 2. The third-order valence-corrected chi connectivity index (χ3v) is 3.48. The molecule has 0 amide bonds. The van der Waals surface area contributed by atoms with E-state index >= 15 is 0 Å². The summed E-state index contributed by atoms with van der Waals surface area (Å²) in [6, 6.07) is 11.7. The quantitative estimate of drug-likeness (QED) is 0.694. The molecule has 0 saturated heterocycles. The van der Waals surface area contributed by atoms with E-state index in [1.165, 1.54) is 0 Å². The molecule has 1 atom stereocenters. The van der Waals surface area contributed by atoms with E-state index in [0.717, 1.165) is 17.0 Å². The number of nitrogens with zero attached hydrogens (tertiary/aromatic N) is 2. The van der Waals surface area contributed by atoms with Crippen LogP contribution in [0.3, 0.4) is 0 Å². The van der Waals surface area contributed by atoms with Crippen LogP contribution in [0.2, 0.25) is 0 Å². The van der Waals surface area contributed by atoms with Gasteiger partial charge in [-0.1, -0.05) is 18.2 Å². The van der Waals surface area contributed by atoms with Crippen molar-refractivity contribution in [1.82, 2.24) is 10.3 Å². The summed E-state index contributed by atoms with van der Waals surface area (Å²) >= 11 is 0. The van der Waals surface area contributed by atoms with Gasteiger partial charge in [0.05, 0.1) is 17.4 Å². The Bertz CT molecular complexity index is 784. The van der Waals surface area contributed by atoms with Crippen molar-refractivity contribution < 1.29 is 9.37 Å². The van der Waals surface area contributed by atoms with Crippen LogP contribution < -0.4 is 15.8 Å². The Hall–Kier alpha value is -2.76. The van der Waals surface area contributed by atoms with Crippen LogP contribution in [0.1, 0.15) is 11.6 Å². The zero-order chi connectivity index (χ0) is 13.5. The second-order valence-electron chi connectivity index (χ2n) is 4.71. The van der Waals surface area contributed by atoms with E-state index in [2.05, 4.69) is 21.7 Å². The van der Waals surface area contributed by atoms with Gasteiger partial charge in [0, 0.05) is 5.56 Å². The number of rotatable bonds is 2. The number of nitrogens with two attached hydrogens (primary N) is 1. The van der Waals surface area contributed by atoms with Crippen LogP contribution in [0, 0.1) is 0 Å². The molecular weight excluding hydrogens is 256 g/mol. The molecule has 6 heteroatoms. The number of hydrogen-bond donors (Lipinski definition) is 2. The Morgan fingerprint density at radius 3 is 2.90 bits per heavy atom. The minimum atomic E-state index is 0.0784. The van der Waals surface area contributed by atoms with Crippen LogP contribution in [0.5, 0.6) is 5.75 Å². The van der Waals surface area contributed by atoms with E-state index in [4.69, 9.17) is 15.1 Å². The molecule has 0 aliphatic carbocycles. The van der Waals surface area contributed by atoms with Crippen LogP contribution in [-0.4, -0.2) is 16.9 Å². The van der Waals surface area contributed by atoms with Gasteiger partial charge in [-0.3, -0.25) is 0 Å². The van der Waals surface area contributed by atoms with E-state index in [-0.39, 0.29) is 6.04 Å². The number of ether oxygens (including phenoxy) is 1. The second-order valence-corrected chi connectivity index (χ2v) is 4.71. The van der Waals surface area contributed by atoms with Gasteiger partial charge in [-0.05, 0) is 28.5 Å². The maximum absolute atomic E-state index is 5.84. The molecule has 20 heavy (non-hydrogen) atoms. The smallest absolute Gasteiger partial charge is 0.160 e. The fraction of sp³-hybridized carbons (Fsp3) is 0.143. The maximum atomic E-state index is 5.84. The van der Waals surface area contributed by atoms with E-state index in [9.17, 15) is 0 Å². The second kappa shape index (κ2) is 4.12. The highest BCUT2D eigenvalue weighted by atomic mass is 16.6. The summed E-state index contributed by atoms with van der Waals surface area (Å²) in [5.41, 5.74) is 9.56. The van der Waals surface area contributed by atoms with E-state index in [1.54, 1.807) is 6.07 Å². The zero-order valence-electron chi connectivity index (χ0n) is 10.5. The summed E-state index contributed by atoms with van der Waals surface area (Å²) in [7, 11) is 0. The molecule has 2 aromatic carbocycles. The minimum absolute atomic E-state index is 0.0784. The molecule has 0 fully saturated rings. The molecule has 1 aliphatic heterocycles. The van der Waals surface area contributed by atoms with Gasteiger partial charge in [-0.2, -0.15) is 0 Å². The molecule has 6 nitrogen and oxygen atoms in total. The monoisotopic (exact) mass is 268 g/mol.